The van der Waals surface area contributed by atoms with Gasteiger partial charge >= 0.3 is 0 Å². The minimum absolute atomic E-state index is 0.0437. The van der Waals surface area contributed by atoms with Crippen LogP contribution in [0, 0.1) is 0 Å². The molecule has 0 N–H and O–H groups in total. The van der Waals surface area contributed by atoms with E-state index in [0.29, 0.717) is 24.7 Å². The van der Waals surface area contributed by atoms with Gasteiger partial charge in [-0.05, 0) is 12.1 Å². The monoisotopic (exact) mass is 323 g/mol. The number of hydrogen-bond acceptors (Lipinski definition) is 4. The molecule has 1 aromatic carbocycles. The third-order valence-electron chi connectivity index (χ3n) is 2.65. The van der Waals surface area contributed by atoms with Crippen molar-refractivity contribution in [1.82, 2.24) is 15.0 Å². The molecule has 100 valence electrons. The second-order valence-electron chi connectivity index (χ2n) is 4.13. The zero-order valence-corrected chi connectivity index (χ0v) is 12.3. The van der Waals surface area contributed by atoms with Crippen molar-refractivity contribution >= 4 is 21.8 Å². The fourth-order valence-electron chi connectivity index (χ4n) is 1.62. The largest absolute Gasteiger partial charge is 0.337 e. The summed E-state index contributed by atoms with van der Waals surface area (Å²) in [7, 11) is 1.72. The highest BCUT2D eigenvalue weighted by atomic mass is 79.9. The molecule has 0 aliphatic carbocycles. The summed E-state index contributed by atoms with van der Waals surface area (Å²) in [6, 6.07) is 7.65. The van der Waals surface area contributed by atoms with E-state index >= 15 is 0 Å². The van der Waals surface area contributed by atoms with E-state index < -0.39 is 0 Å². The van der Waals surface area contributed by atoms with Gasteiger partial charge in [0.1, 0.15) is 0 Å². The van der Waals surface area contributed by atoms with Crippen molar-refractivity contribution in [2.75, 3.05) is 7.05 Å². The molecule has 0 fully saturated rings. The molecule has 1 heterocycles. The van der Waals surface area contributed by atoms with E-state index in [1.807, 2.05) is 31.2 Å². The number of benzene rings is 1. The van der Waals surface area contributed by atoms with Crippen LogP contribution in [0.15, 0.2) is 33.3 Å². The molecule has 0 aliphatic heterocycles. The lowest BCUT2D eigenvalue weighted by Gasteiger charge is -2.12. The van der Waals surface area contributed by atoms with Crippen LogP contribution in [0.2, 0.25) is 0 Å². The predicted octanol–water partition coefficient (Wildman–Crippen LogP) is 2.87. The maximum Gasteiger partial charge on any atom is 0.246 e. The Kier molecular flexibility index (Phi) is 4.31. The van der Waals surface area contributed by atoms with Crippen LogP contribution < -0.4 is 0 Å². The van der Waals surface area contributed by atoms with E-state index in [1.165, 1.54) is 0 Å². The van der Waals surface area contributed by atoms with Gasteiger partial charge in [-0.3, -0.25) is 4.79 Å². The molecule has 0 radical (unpaired) electrons. The van der Waals surface area contributed by atoms with Gasteiger partial charge in [-0.25, -0.2) is 0 Å². The number of carbonyl (C=O) groups excluding carboxylic acids is 1. The third kappa shape index (κ3) is 3.41. The molecule has 0 saturated carbocycles. The van der Waals surface area contributed by atoms with E-state index in [9.17, 15) is 4.79 Å². The highest BCUT2D eigenvalue weighted by molar-refractivity contribution is 9.10. The van der Waals surface area contributed by atoms with Crippen LogP contribution in [-0.2, 0) is 11.3 Å². The molecule has 0 atom stereocenters. The molecule has 1 aromatic heterocycles. The predicted molar refractivity (Wildman–Crippen MR) is 74.2 cm³/mol. The molecule has 6 heteroatoms. The maximum atomic E-state index is 11.5. The fraction of sp³-hybridized carbons (Fsp3) is 0.308. The van der Waals surface area contributed by atoms with Gasteiger partial charge in [0.25, 0.3) is 0 Å². The van der Waals surface area contributed by atoms with Gasteiger partial charge in [-0.1, -0.05) is 40.1 Å². The normalized spacial score (nSPS) is 10.5. The van der Waals surface area contributed by atoms with E-state index in [1.54, 1.807) is 11.9 Å². The summed E-state index contributed by atoms with van der Waals surface area (Å²) in [5.74, 6) is 0.995. The third-order valence-corrected chi connectivity index (χ3v) is 3.14. The molecule has 0 aliphatic rings. The second-order valence-corrected chi connectivity index (χ2v) is 5.04. The van der Waals surface area contributed by atoms with Crippen molar-refractivity contribution in [3.05, 3.63) is 34.6 Å². The fourth-order valence-corrected chi connectivity index (χ4v) is 2.02. The molecule has 0 saturated heterocycles. The van der Waals surface area contributed by atoms with Gasteiger partial charge in [-0.2, -0.15) is 4.98 Å². The highest BCUT2D eigenvalue weighted by Gasteiger charge is 2.13. The van der Waals surface area contributed by atoms with E-state index in [4.69, 9.17) is 4.52 Å². The first-order valence-electron chi connectivity index (χ1n) is 5.92. The van der Waals surface area contributed by atoms with Crippen molar-refractivity contribution in [3.63, 3.8) is 0 Å². The zero-order valence-electron chi connectivity index (χ0n) is 10.8. The molecule has 0 spiro atoms. The number of carbonyl (C=O) groups is 1. The summed E-state index contributed by atoms with van der Waals surface area (Å²) in [6.07, 6.45) is 0.461. The summed E-state index contributed by atoms with van der Waals surface area (Å²) in [4.78, 5) is 17.3. The first kappa shape index (κ1) is 13.7. The first-order valence-corrected chi connectivity index (χ1v) is 6.72. The van der Waals surface area contributed by atoms with E-state index in [2.05, 4.69) is 26.1 Å². The lowest BCUT2D eigenvalue weighted by Crippen LogP contribution is -2.25. The van der Waals surface area contributed by atoms with Gasteiger partial charge in [0.2, 0.25) is 17.6 Å². The second kappa shape index (κ2) is 5.97. The molecule has 0 unspecified atom stereocenters. The summed E-state index contributed by atoms with van der Waals surface area (Å²) in [6.45, 7) is 2.15. The van der Waals surface area contributed by atoms with Crippen LogP contribution in [0.3, 0.4) is 0 Å². The molecule has 19 heavy (non-hydrogen) atoms. The Labute approximate surface area is 119 Å². The van der Waals surface area contributed by atoms with Crippen molar-refractivity contribution < 1.29 is 9.32 Å². The van der Waals surface area contributed by atoms with Crippen LogP contribution in [0.25, 0.3) is 11.4 Å². The molecule has 5 nitrogen and oxygen atoms in total. The van der Waals surface area contributed by atoms with Crippen LogP contribution >= 0.6 is 15.9 Å². The Morgan fingerprint density at radius 3 is 2.95 bits per heavy atom. The quantitative estimate of drug-likeness (QED) is 0.868. The van der Waals surface area contributed by atoms with Crippen LogP contribution in [0.5, 0.6) is 0 Å². The number of nitrogens with zero attached hydrogens (tertiary/aromatic N) is 3. The first-order chi connectivity index (χ1) is 9.10. The Balaban J connectivity index is 2.13. The van der Waals surface area contributed by atoms with Crippen molar-refractivity contribution in [2.45, 2.75) is 19.9 Å². The lowest BCUT2D eigenvalue weighted by atomic mass is 10.2. The van der Waals surface area contributed by atoms with E-state index in [0.717, 1.165) is 10.0 Å². The van der Waals surface area contributed by atoms with Gasteiger partial charge in [0, 0.05) is 23.5 Å². The standard InChI is InChI=1S/C13H14BrN3O2/c1-3-12(18)17(2)8-11-15-13(16-19-11)9-5-4-6-10(14)7-9/h4-7H,3,8H2,1-2H3. The van der Waals surface area contributed by atoms with Crippen molar-refractivity contribution in [3.8, 4) is 11.4 Å². The topological polar surface area (TPSA) is 59.2 Å². The summed E-state index contributed by atoms with van der Waals surface area (Å²) in [5, 5.41) is 3.92. The van der Waals surface area contributed by atoms with Crippen molar-refractivity contribution in [2.24, 2.45) is 0 Å². The summed E-state index contributed by atoms with van der Waals surface area (Å²) in [5.41, 5.74) is 0.869. The Bertz CT molecular complexity index is 583. The zero-order chi connectivity index (χ0) is 13.8. The number of aromatic nitrogens is 2. The van der Waals surface area contributed by atoms with Crippen molar-refractivity contribution in [1.29, 1.82) is 0 Å². The minimum atomic E-state index is 0.0437. The molecule has 1 amide bonds. The molecular formula is C13H14BrN3O2. The van der Waals surface area contributed by atoms with Crippen LogP contribution in [0.1, 0.15) is 19.2 Å². The van der Waals surface area contributed by atoms with Gasteiger partial charge in [-0.15, -0.1) is 0 Å². The number of hydrogen-bond donors (Lipinski definition) is 0. The maximum absolute atomic E-state index is 11.5. The SMILES string of the molecule is CCC(=O)N(C)Cc1nc(-c2cccc(Br)c2)no1. The smallest absolute Gasteiger partial charge is 0.246 e. The molecule has 2 aromatic rings. The summed E-state index contributed by atoms with van der Waals surface area (Å²) >= 11 is 3.40. The Hall–Kier alpha value is -1.69. The summed E-state index contributed by atoms with van der Waals surface area (Å²) < 4.78 is 6.11. The van der Waals surface area contributed by atoms with Gasteiger partial charge in [0.15, 0.2) is 0 Å². The van der Waals surface area contributed by atoms with Gasteiger partial charge < -0.3 is 9.42 Å². The molecular weight excluding hydrogens is 310 g/mol. The lowest BCUT2D eigenvalue weighted by molar-refractivity contribution is -0.130. The van der Waals surface area contributed by atoms with Gasteiger partial charge in [0.05, 0.1) is 6.54 Å². The van der Waals surface area contributed by atoms with E-state index in [-0.39, 0.29) is 5.91 Å². The average molecular weight is 324 g/mol. The number of rotatable bonds is 4. The molecule has 2 rings (SSSR count). The number of halogens is 1. The number of amides is 1. The Morgan fingerprint density at radius 2 is 2.26 bits per heavy atom. The van der Waals surface area contributed by atoms with Crippen LogP contribution in [-0.4, -0.2) is 28.0 Å². The van der Waals surface area contributed by atoms with Crippen LogP contribution in [0.4, 0.5) is 0 Å². The minimum Gasteiger partial charge on any atom is -0.337 e. The average Bonchev–Trinajstić information content (AvgIpc) is 2.86. The highest BCUT2D eigenvalue weighted by Crippen LogP contribution is 2.20. The molecule has 0 bridgehead atoms. The Morgan fingerprint density at radius 1 is 1.47 bits per heavy atom.